The molecule has 24 heavy (non-hydrogen) atoms. The van der Waals surface area contributed by atoms with Crippen LogP contribution in [0.1, 0.15) is 44.7 Å². The van der Waals surface area contributed by atoms with Crippen LogP contribution >= 0.6 is 0 Å². The minimum atomic E-state index is -0.444. The SMILES string of the molecule is COC(C)(C)CC(=O)N1CCC(c2noc3cc(F)ccc23)CC1. The van der Waals surface area contributed by atoms with Gasteiger partial charge >= 0.3 is 0 Å². The summed E-state index contributed by atoms with van der Waals surface area (Å²) in [6.45, 7) is 5.22. The highest BCUT2D eigenvalue weighted by Crippen LogP contribution is 2.33. The maximum atomic E-state index is 13.3. The van der Waals surface area contributed by atoms with Gasteiger partial charge in [-0.3, -0.25) is 4.79 Å². The number of fused-ring (bicyclic) bond motifs is 1. The van der Waals surface area contributed by atoms with Crippen LogP contribution in [-0.2, 0) is 9.53 Å². The molecule has 6 heteroatoms. The molecule has 1 fully saturated rings. The van der Waals surface area contributed by atoms with Crippen molar-refractivity contribution >= 4 is 16.9 Å². The van der Waals surface area contributed by atoms with E-state index in [-0.39, 0.29) is 17.6 Å². The van der Waals surface area contributed by atoms with Crippen molar-refractivity contribution < 1.29 is 18.4 Å². The number of amides is 1. The fourth-order valence-corrected chi connectivity index (χ4v) is 3.18. The van der Waals surface area contributed by atoms with Gasteiger partial charge in [-0.25, -0.2) is 4.39 Å². The summed E-state index contributed by atoms with van der Waals surface area (Å²) in [4.78, 5) is 14.3. The first-order chi connectivity index (χ1) is 11.4. The molecule has 1 aromatic carbocycles. The van der Waals surface area contributed by atoms with Crippen LogP contribution in [0.3, 0.4) is 0 Å². The number of benzene rings is 1. The molecule has 2 aromatic rings. The van der Waals surface area contributed by atoms with Gasteiger partial charge in [-0.2, -0.15) is 0 Å². The molecule has 1 aliphatic rings. The van der Waals surface area contributed by atoms with Crippen molar-refractivity contribution in [1.29, 1.82) is 0 Å². The zero-order chi connectivity index (χ0) is 17.3. The van der Waals surface area contributed by atoms with Crippen molar-refractivity contribution in [2.24, 2.45) is 0 Å². The van der Waals surface area contributed by atoms with E-state index in [0.717, 1.165) is 23.9 Å². The van der Waals surface area contributed by atoms with Crippen LogP contribution < -0.4 is 0 Å². The summed E-state index contributed by atoms with van der Waals surface area (Å²) in [5.41, 5.74) is 0.903. The number of likely N-dealkylation sites (tertiary alicyclic amines) is 1. The summed E-state index contributed by atoms with van der Waals surface area (Å²) in [5.74, 6) is 0.0231. The van der Waals surface area contributed by atoms with E-state index in [1.54, 1.807) is 13.2 Å². The fraction of sp³-hybridized carbons (Fsp3) is 0.556. The maximum Gasteiger partial charge on any atom is 0.225 e. The Kier molecular flexibility index (Phi) is 4.58. The molecule has 5 nitrogen and oxygen atoms in total. The zero-order valence-corrected chi connectivity index (χ0v) is 14.3. The summed E-state index contributed by atoms with van der Waals surface area (Å²) in [5, 5.41) is 5.00. The predicted octanol–water partition coefficient (Wildman–Crippen LogP) is 3.49. The normalized spacial score (nSPS) is 16.8. The van der Waals surface area contributed by atoms with Crippen molar-refractivity contribution in [2.75, 3.05) is 20.2 Å². The second-order valence-electron chi connectivity index (χ2n) is 7.00. The summed E-state index contributed by atoms with van der Waals surface area (Å²) in [6, 6.07) is 4.50. The van der Waals surface area contributed by atoms with Gasteiger partial charge in [0.05, 0.1) is 17.7 Å². The van der Waals surface area contributed by atoms with E-state index in [4.69, 9.17) is 9.26 Å². The number of halogens is 1. The average molecular weight is 334 g/mol. The van der Waals surface area contributed by atoms with Crippen molar-refractivity contribution in [2.45, 2.75) is 44.6 Å². The molecule has 0 radical (unpaired) electrons. The topological polar surface area (TPSA) is 55.6 Å². The second-order valence-corrected chi connectivity index (χ2v) is 7.00. The third-order valence-corrected chi connectivity index (χ3v) is 4.83. The Morgan fingerprint density at radius 2 is 2.12 bits per heavy atom. The first kappa shape index (κ1) is 16.9. The summed E-state index contributed by atoms with van der Waals surface area (Å²) in [7, 11) is 1.62. The van der Waals surface area contributed by atoms with Crippen LogP contribution in [0.25, 0.3) is 11.0 Å². The number of methoxy groups -OCH3 is 1. The number of ether oxygens (including phenoxy) is 1. The second kappa shape index (κ2) is 6.51. The van der Waals surface area contributed by atoms with Gasteiger partial charge in [0.2, 0.25) is 5.91 Å². The van der Waals surface area contributed by atoms with Gasteiger partial charge in [-0.1, -0.05) is 5.16 Å². The molecule has 1 amide bonds. The van der Waals surface area contributed by atoms with E-state index in [1.165, 1.54) is 12.1 Å². The summed E-state index contributed by atoms with van der Waals surface area (Å²) >= 11 is 0. The highest BCUT2D eigenvalue weighted by Gasteiger charge is 2.30. The van der Waals surface area contributed by atoms with Gasteiger partial charge in [0, 0.05) is 37.6 Å². The standard InChI is InChI=1S/C18H23FN2O3/c1-18(2,23-3)11-16(22)21-8-6-12(7-9-21)17-14-5-4-13(19)10-15(14)24-20-17/h4-5,10,12H,6-9,11H2,1-3H3. The Morgan fingerprint density at radius 1 is 1.42 bits per heavy atom. The third kappa shape index (κ3) is 3.43. The van der Waals surface area contributed by atoms with E-state index in [0.29, 0.717) is 25.1 Å². The maximum absolute atomic E-state index is 13.3. The lowest BCUT2D eigenvalue weighted by atomic mass is 9.91. The smallest absolute Gasteiger partial charge is 0.225 e. The number of nitrogens with zero attached hydrogens (tertiary/aromatic N) is 2. The molecule has 1 aliphatic heterocycles. The highest BCUT2D eigenvalue weighted by atomic mass is 19.1. The molecule has 0 aliphatic carbocycles. The fourth-order valence-electron chi connectivity index (χ4n) is 3.18. The van der Waals surface area contributed by atoms with Crippen LogP contribution in [-0.4, -0.2) is 41.8 Å². The number of hydrogen-bond acceptors (Lipinski definition) is 4. The average Bonchev–Trinajstić information content (AvgIpc) is 2.97. The zero-order valence-electron chi connectivity index (χ0n) is 14.3. The van der Waals surface area contributed by atoms with Crippen molar-refractivity contribution in [3.63, 3.8) is 0 Å². The van der Waals surface area contributed by atoms with Crippen LogP contribution in [0.5, 0.6) is 0 Å². The van der Waals surface area contributed by atoms with Gasteiger partial charge in [-0.15, -0.1) is 0 Å². The number of piperidine rings is 1. The number of carbonyl (C=O) groups excluding carboxylic acids is 1. The van der Waals surface area contributed by atoms with Crippen molar-refractivity contribution in [3.8, 4) is 0 Å². The molecule has 130 valence electrons. The van der Waals surface area contributed by atoms with Gasteiger partial charge in [0.15, 0.2) is 5.58 Å². The predicted molar refractivity (Wildman–Crippen MR) is 88.2 cm³/mol. The van der Waals surface area contributed by atoms with Crippen LogP contribution in [0, 0.1) is 5.82 Å². The van der Waals surface area contributed by atoms with Crippen molar-refractivity contribution in [1.82, 2.24) is 10.1 Å². The molecule has 1 saturated heterocycles. The number of hydrogen-bond donors (Lipinski definition) is 0. The minimum absolute atomic E-state index is 0.118. The monoisotopic (exact) mass is 334 g/mol. The molecular weight excluding hydrogens is 311 g/mol. The Bertz CT molecular complexity index is 733. The Morgan fingerprint density at radius 3 is 2.79 bits per heavy atom. The molecule has 0 unspecified atom stereocenters. The van der Waals surface area contributed by atoms with Crippen LogP contribution in [0.15, 0.2) is 22.7 Å². The number of rotatable bonds is 4. The first-order valence-corrected chi connectivity index (χ1v) is 8.27. The molecule has 0 atom stereocenters. The Hall–Kier alpha value is -1.95. The van der Waals surface area contributed by atoms with Crippen molar-refractivity contribution in [3.05, 3.63) is 29.7 Å². The Labute approximate surface area is 140 Å². The van der Waals surface area contributed by atoms with E-state index in [1.807, 2.05) is 18.7 Å². The van der Waals surface area contributed by atoms with Gasteiger partial charge in [0.25, 0.3) is 0 Å². The molecule has 0 saturated carbocycles. The minimum Gasteiger partial charge on any atom is -0.378 e. The first-order valence-electron chi connectivity index (χ1n) is 8.27. The molecule has 1 aromatic heterocycles. The van der Waals surface area contributed by atoms with Gasteiger partial charge in [-0.05, 0) is 38.8 Å². The molecular formula is C18H23FN2O3. The Balaban J connectivity index is 1.65. The lowest BCUT2D eigenvalue weighted by Gasteiger charge is -2.33. The molecule has 3 rings (SSSR count). The third-order valence-electron chi connectivity index (χ3n) is 4.83. The summed E-state index contributed by atoms with van der Waals surface area (Å²) < 4.78 is 23.8. The lowest BCUT2D eigenvalue weighted by Crippen LogP contribution is -2.41. The van der Waals surface area contributed by atoms with Gasteiger partial charge < -0.3 is 14.2 Å². The van der Waals surface area contributed by atoms with E-state index in [9.17, 15) is 9.18 Å². The van der Waals surface area contributed by atoms with Crippen LogP contribution in [0.2, 0.25) is 0 Å². The van der Waals surface area contributed by atoms with E-state index >= 15 is 0 Å². The molecule has 2 heterocycles. The lowest BCUT2D eigenvalue weighted by molar-refractivity contribution is -0.137. The molecule has 0 bridgehead atoms. The van der Waals surface area contributed by atoms with Crippen LogP contribution in [0.4, 0.5) is 4.39 Å². The highest BCUT2D eigenvalue weighted by molar-refractivity contribution is 5.80. The van der Waals surface area contributed by atoms with E-state index < -0.39 is 5.60 Å². The van der Waals surface area contributed by atoms with Gasteiger partial charge in [0.1, 0.15) is 5.82 Å². The molecule has 0 N–H and O–H groups in total. The largest absolute Gasteiger partial charge is 0.378 e. The molecule has 0 spiro atoms. The van der Waals surface area contributed by atoms with E-state index in [2.05, 4.69) is 5.16 Å². The quantitative estimate of drug-likeness (QED) is 0.859. The summed E-state index contributed by atoms with van der Waals surface area (Å²) in [6.07, 6.45) is 2.04. The number of carbonyl (C=O) groups is 1. The number of aromatic nitrogens is 1.